The molecule has 6 nitrogen and oxygen atoms in total. The molecule has 4 rings (SSSR count). The zero-order valence-electron chi connectivity index (χ0n) is 15.9. The van der Waals surface area contributed by atoms with Gasteiger partial charge in [-0.2, -0.15) is 0 Å². The van der Waals surface area contributed by atoms with Crippen LogP contribution in [0.1, 0.15) is 33.0 Å². The topological polar surface area (TPSA) is 84.9 Å². The standard InChI is InChI=1S/C22H19NO5S/c1-12-18(20(24)25)19(29-21(12)27-2)23-22(26)28-11-17-15-9-5-3-7-13(15)14-8-4-6-10-16(14)17/h3-10,17H,11H2,1-2H3,(H,23,26)(H,24,25). The number of ether oxygens (including phenoxy) is 2. The zero-order chi connectivity index (χ0) is 20.5. The maximum Gasteiger partial charge on any atom is 0.412 e. The number of amides is 1. The normalized spacial score (nSPS) is 12.2. The number of benzene rings is 2. The smallest absolute Gasteiger partial charge is 0.412 e. The van der Waals surface area contributed by atoms with E-state index in [4.69, 9.17) is 9.47 Å². The second-order valence-electron chi connectivity index (χ2n) is 6.68. The molecule has 1 aromatic heterocycles. The average molecular weight is 409 g/mol. The number of carbonyl (C=O) groups excluding carboxylic acids is 1. The van der Waals surface area contributed by atoms with Crippen molar-refractivity contribution >= 4 is 28.4 Å². The number of nitrogens with one attached hydrogen (secondary N) is 1. The van der Waals surface area contributed by atoms with Gasteiger partial charge in [0.2, 0.25) is 0 Å². The first-order valence-corrected chi connectivity index (χ1v) is 9.85. The molecule has 3 aromatic rings. The summed E-state index contributed by atoms with van der Waals surface area (Å²) in [5.74, 6) is -1.19. The summed E-state index contributed by atoms with van der Waals surface area (Å²) in [6.07, 6.45) is -0.696. The summed E-state index contributed by atoms with van der Waals surface area (Å²) in [6, 6.07) is 16.1. The minimum absolute atomic E-state index is 0.0142. The van der Waals surface area contributed by atoms with E-state index < -0.39 is 12.1 Å². The summed E-state index contributed by atoms with van der Waals surface area (Å²) in [4.78, 5) is 24.0. The first-order chi connectivity index (χ1) is 14.0. The molecular formula is C22H19NO5S. The second-order valence-corrected chi connectivity index (χ2v) is 7.66. The third-order valence-corrected chi connectivity index (χ3v) is 6.23. The molecule has 1 heterocycles. The van der Waals surface area contributed by atoms with Crippen molar-refractivity contribution in [2.24, 2.45) is 0 Å². The van der Waals surface area contributed by atoms with E-state index in [9.17, 15) is 14.7 Å². The van der Waals surface area contributed by atoms with E-state index in [1.165, 1.54) is 7.11 Å². The molecular weight excluding hydrogens is 390 g/mol. The Morgan fingerprint density at radius 2 is 1.66 bits per heavy atom. The summed E-state index contributed by atoms with van der Waals surface area (Å²) >= 11 is 1.06. The van der Waals surface area contributed by atoms with Gasteiger partial charge in [-0.1, -0.05) is 59.9 Å². The Kier molecular flexibility index (Phi) is 4.98. The molecule has 0 unspecified atom stereocenters. The molecule has 2 aromatic carbocycles. The van der Waals surface area contributed by atoms with Crippen LogP contribution in [-0.4, -0.2) is 30.9 Å². The summed E-state index contributed by atoms with van der Waals surface area (Å²) in [6.45, 7) is 1.80. The molecule has 7 heteroatoms. The van der Waals surface area contributed by atoms with Crippen molar-refractivity contribution in [2.45, 2.75) is 12.8 Å². The molecule has 2 N–H and O–H groups in total. The highest BCUT2D eigenvalue weighted by Crippen LogP contribution is 2.44. The maximum absolute atomic E-state index is 12.4. The third kappa shape index (κ3) is 3.34. The van der Waals surface area contributed by atoms with Crippen LogP contribution < -0.4 is 10.1 Å². The van der Waals surface area contributed by atoms with Crippen LogP contribution in [0.4, 0.5) is 9.80 Å². The molecule has 1 aliphatic carbocycles. The van der Waals surface area contributed by atoms with Crippen LogP contribution in [0, 0.1) is 6.92 Å². The lowest BCUT2D eigenvalue weighted by Gasteiger charge is -2.14. The minimum atomic E-state index is -1.13. The summed E-state index contributed by atoms with van der Waals surface area (Å²) in [5.41, 5.74) is 5.00. The van der Waals surface area contributed by atoms with Gasteiger partial charge >= 0.3 is 12.1 Å². The predicted molar refractivity (Wildman–Crippen MR) is 111 cm³/mol. The molecule has 0 radical (unpaired) electrons. The molecule has 0 spiro atoms. The average Bonchev–Trinajstić information content (AvgIpc) is 3.20. The van der Waals surface area contributed by atoms with Gasteiger partial charge in [0.05, 0.1) is 7.11 Å². The van der Waals surface area contributed by atoms with E-state index in [1.807, 2.05) is 36.4 Å². The Labute approximate surface area is 171 Å². The number of hydrogen-bond donors (Lipinski definition) is 2. The lowest BCUT2D eigenvalue weighted by atomic mass is 9.98. The Balaban J connectivity index is 1.52. The third-order valence-electron chi connectivity index (χ3n) is 5.06. The number of methoxy groups -OCH3 is 1. The van der Waals surface area contributed by atoms with Crippen LogP contribution in [0.5, 0.6) is 5.06 Å². The molecule has 1 aliphatic rings. The van der Waals surface area contributed by atoms with Crippen molar-refractivity contribution in [3.05, 3.63) is 70.8 Å². The van der Waals surface area contributed by atoms with Crippen molar-refractivity contribution < 1.29 is 24.2 Å². The zero-order valence-corrected chi connectivity index (χ0v) is 16.7. The predicted octanol–water partition coefficient (Wildman–Crippen LogP) is 5.12. The van der Waals surface area contributed by atoms with Gasteiger partial charge in [-0.25, -0.2) is 9.59 Å². The Morgan fingerprint density at radius 1 is 1.07 bits per heavy atom. The number of rotatable bonds is 5. The number of hydrogen-bond acceptors (Lipinski definition) is 5. The number of aromatic carboxylic acids is 1. The van der Waals surface area contributed by atoms with Gasteiger partial charge < -0.3 is 14.6 Å². The van der Waals surface area contributed by atoms with Crippen LogP contribution in [-0.2, 0) is 4.74 Å². The lowest BCUT2D eigenvalue weighted by molar-refractivity contribution is 0.0697. The van der Waals surface area contributed by atoms with Gasteiger partial charge in [0.25, 0.3) is 0 Å². The first-order valence-electron chi connectivity index (χ1n) is 9.04. The summed E-state index contributed by atoms with van der Waals surface area (Å²) < 4.78 is 10.7. The molecule has 0 aliphatic heterocycles. The fraction of sp³-hybridized carbons (Fsp3) is 0.182. The van der Waals surface area contributed by atoms with Crippen LogP contribution >= 0.6 is 11.3 Å². The van der Waals surface area contributed by atoms with Crippen LogP contribution in [0.3, 0.4) is 0 Å². The van der Waals surface area contributed by atoms with E-state index in [1.54, 1.807) is 6.92 Å². The number of carbonyl (C=O) groups is 2. The van der Waals surface area contributed by atoms with Crippen molar-refractivity contribution in [2.75, 3.05) is 19.0 Å². The summed E-state index contributed by atoms with van der Waals surface area (Å²) in [7, 11) is 1.46. The van der Waals surface area contributed by atoms with Crippen LogP contribution in [0.25, 0.3) is 11.1 Å². The highest BCUT2D eigenvalue weighted by atomic mass is 32.1. The van der Waals surface area contributed by atoms with Gasteiger partial charge in [-0.05, 0) is 29.2 Å². The number of thiophene rings is 1. The van der Waals surface area contributed by atoms with Crippen LogP contribution in [0.15, 0.2) is 48.5 Å². The minimum Gasteiger partial charge on any atom is -0.487 e. The molecule has 0 atom stereocenters. The van der Waals surface area contributed by atoms with Crippen molar-refractivity contribution in [3.63, 3.8) is 0 Å². The Hall–Kier alpha value is -3.32. The summed E-state index contributed by atoms with van der Waals surface area (Å²) in [5, 5.41) is 12.6. The molecule has 0 bridgehead atoms. The van der Waals surface area contributed by atoms with E-state index in [-0.39, 0.29) is 23.1 Å². The van der Waals surface area contributed by atoms with E-state index in [2.05, 4.69) is 17.4 Å². The van der Waals surface area contributed by atoms with Crippen LogP contribution in [0.2, 0.25) is 0 Å². The quantitative estimate of drug-likeness (QED) is 0.611. The fourth-order valence-electron chi connectivity index (χ4n) is 3.76. The highest BCUT2D eigenvalue weighted by Gasteiger charge is 2.29. The van der Waals surface area contributed by atoms with Crippen molar-refractivity contribution in [1.82, 2.24) is 0 Å². The molecule has 0 fully saturated rings. The fourth-order valence-corrected chi connectivity index (χ4v) is 4.76. The SMILES string of the molecule is COc1sc(NC(=O)OCC2c3ccccc3-c3ccccc32)c(C(=O)O)c1C. The highest BCUT2D eigenvalue weighted by molar-refractivity contribution is 7.18. The number of fused-ring (bicyclic) bond motifs is 3. The van der Waals surface area contributed by atoms with Gasteiger partial charge in [0.1, 0.15) is 17.2 Å². The molecule has 0 saturated carbocycles. The molecule has 29 heavy (non-hydrogen) atoms. The number of carboxylic acid groups (broad SMARTS) is 1. The Morgan fingerprint density at radius 3 is 2.21 bits per heavy atom. The molecule has 0 saturated heterocycles. The van der Waals surface area contributed by atoms with Gasteiger partial charge in [0.15, 0.2) is 5.06 Å². The first kappa shape index (κ1) is 19.0. The van der Waals surface area contributed by atoms with Gasteiger partial charge in [-0.3, -0.25) is 5.32 Å². The van der Waals surface area contributed by atoms with E-state index >= 15 is 0 Å². The lowest BCUT2D eigenvalue weighted by Crippen LogP contribution is -2.18. The van der Waals surface area contributed by atoms with E-state index in [0.717, 1.165) is 33.6 Å². The van der Waals surface area contributed by atoms with Gasteiger partial charge in [-0.15, -0.1) is 0 Å². The number of anilines is 1. The van der Waals surface area contributed by atoms with E-state index in [0.29, 0.717) is 10.6 Å². The monoisotopic (exact) mass is 409 g/mol. The largest absolute Gasteiger partial charge is 0.487 e. The molecule has 1 amide bonds. The maximum atomic E-state index is 12.4. The number of carboxylic acids is 1. The van der Waals surface area contributed by atoms with Crippen molar-refractivity contribution in [1.29, 1.82) is 0 Å². The van der Waals surface area contributed by atoms with Gasteiger partial charge in [0, 0.05) is 11.5 Å². The Bertz CT molecular complexity index is 1060. The molecule has 148 valence electrons. The second kappa shape index (κ2) is 7.60. The van der Waals surface area contributed by atoms with Crippen molar-refractivity contribution in [3.8, 4) is 16.2 Å².